The van der Waals surface area contributed by atoms with Crippen molar-refractivity contribution in [2.75, 3.05) is 0 Å². The van der Waals surface area contributed by atoms with Gasteiger partial charge in [-0.25, -0.2) is 4.79 Å². The van der Waals surface area contributed by atoms with Crippen molar-refractivity contribution in [2.45, 2.75) is 88.0 Å². The number of benzene rings is 2. The van der Waals surface area contributed by atoms with E-state index in [1.807, 2.05) is 27.7 Å². The fraction of sp³-hybridized carbons (Fsp3) is 0.464. The minimum absolute atomic E-state index is 0.359. The average Bonchev–Trinajstić information content (AvgIpc) is 2.72. The zero-order valence-corrected chi connectivity index (χ0v) is 21.8. The molecule has 5 nitrogen and oxygen atoms in total. The van der Waals surface area contributed by atoms with Crippen LogP contribution in [0.15, 0.2) is 9.21 Å². The normalized spacial score (nSPS) is 12.0. The molecule has 0 saturated heterocycles. The zero-order chi connectivity index (χ0) is 25.2. The monoisotopic (exact) mass is 449 g/mol. The van der Waals surface area contributed by atoms with Crippen molar-refractivity contribution < 1.29 is 9.34 Å². The highest BCUT2D eigenvalue weighted by Crippen LogP contribution is 2.41. The molecule has 0 bridgehead atoms. The Morgan fingerprint density at radius 2 is 1.15 bits per heavy atom. The SMILES string of the molecule is Cc1c(C)c(C)c(C(C)(C)Cc2c([N+](=O)[O-])c(=O)oc3c(C)c(C)c(C)c(C)c23)c(C)c1C. The van der Waals surface area contributed by atoms with Crippen LogP contribution < -0.4 is 5.63 Å². The first-order valence-corrected chi connectivity index (χ1v) is 11.4. The zero-order valence-electron chi connectivity index (χ0n) is 21.8. The second-order valence-electron chi connectivity index (χ2n) is 10.2. The van der Waals surface area contributed by atoms with Crippen molar-refractivity contribution in [3.05, 3.63) is 81.7 Å². The maximum absolute atomic E-state index is 12.9. The Balaban J connectivity index is 2.46. The highest BCUT2D eigenvalue weighted by atomic mass is 16.6. The van der Waals surface area contributed by atoms with Gasteiger partial charge in [-0.15, -0.1) is 0 Å². The fourth-order valence-corrected chi connectivity index (χ4v) is 5.55. The van der Waals surface area contributed by atoms with Crippen molar-refractivity contribution in [1.82, 2.24) is 0 Å². The van der Waals surface area contributed by atoms with Crippen LogP contribution in [0.5, 0.6) is 0 Å². The number of hydrogen-bond donors (Lipinski definition) is 0. The van der Waals surface area contributed by atoms with E-state index in [9.17, 15) is 14.9 Å². The molecule has 33 heavy (non-hydrogen) atoms. The summed E-state index contributed by atoms with van der Waals surface area (Å²) in [6, 6.07) is 0. The van der Waals surface area contributed by atoms with Crippen molar-refractivity contribution >= 4 is 16.7 Å². The molecule has 5 heteroatoms. The number of aryl methyl sites for hydroxylation is 2. The molecule has 3 aromatic rings. The summed E-state index contributed by atoms with van der Waals surface area (Å²) in [5.74, 6) is 0. The van der Waals surface area contributed by atoms with Gasteiger partial charge >= 0.3 is 11.3 Å². The lowest BCUT2D eigenvalue weighted by Crippen LogP contribution is -2.26. The van der Waals surface area contributed by atoms with Gasteiger partial charge in [0.25, 0.3) is 0 Å². The van der Waals surface area contributed by atoms with Crippen LogP contribution in [0.2, 0.25) is 0 Å². The number of rotatable bonds is 4. The van der Waals surface area contributed by atoms with Crippen LogP contribution in [0.1, 0.15) is 75.0 Å². The van der Waals surface area contributed by atoms with Crippen molar-refractivity contribution in [3.8, 4) is 0 Å². The summed E-state index contributed by atoms with van der Waals surface area (Å²) in [6.45, 7) is 22.8. The molecule has 1 aromatic heterocycles. The summed E-state index contributed by atoms with van der Waals surface area (Å²) in [5.41, 5.74) is 10.4. The first kappa shape index (κ1) is 24.7. The van der Waals surface area contributed by atoms with Crippen molar-refractivity contribution in [1.29, 1.82) is 0 Å². The van der Waals surface area contributed by atoms with Gasteiger partial charge in [0, 0.05) is 10.9 Å². The van der Waals surface area contributed by atoms with Crippen LogP contribution in [0.4, 0.5) is 5.69 Å². The summed E-state index contributed by atoms with van der Waals surface area (Å²) >= 11 is 0. The van der Waals surface area contributed by atoms with Crippen molar-refractivity contribution in [3.63, 3.8) is 0 Å². The molecule has 1 heterocycles. The Bertz CT molecular complexity index is 1360. The highest BCUT2D eigenvalue weighted by molar-refractivity contribution is 5.91. The largest absolute Gasteiger partial charge is 0.417 e. The molecule has 0 atom stereocenters. The van der Waals surface area contributed by atoms with E-state index in [2.05, 4.69) is 48.5 Å². The van der Waals surface area contributed by atoms with Gasteiger partial charge in [-0.2, -0.15) is 0 Å². The molecule has 0 unspecified atom stereocenters. The second-order valence-corrected chi connectivity index (χ2v) is 10.2. The summed E-state index contributed by atoms with van der Waals surface area (Å²) in [6.07, 6.45) is 0.359. The number of nitro groups is 1. The first-order chi connectivity index (χ1) is 15.1. The van der Waals surface area contributed by atoms with Crippen molar-refractivity contribution in [2.24, 2.45) is 0 Å². The first-order valence-electron chi connectivity index (χ1n) is 11.4. The van der Waals surface area contributed by atoms with E-state index in [1.165, 1.54) is 33.4 Å². The average molecular weight is 450 g/mol. The summed E-state index contributed by atoms with van der Waals surface area (Å²) < 4.78 is 5.57. The van der Waals surface area contributed by atoms with Crippen LogP contribution in [0.25, 0.3) is 11.0 Å². The van der Waals surface area contributed by atoms with E-state index < -0.39 is 21.7 Å². The van der Waals surface area contributed by atoms with Crippen LogP contribution in [-0.4, -0.2) is 4.92 Å². The van der Waals surface area contributed by atoms with Gasteiger partial charge in [-0.05, 0) is 130 Å². The van der Waals surface area contributed by atoms with Gasteiger partial charge in [0.05, 0.1) is 4.92 Å². The van der Waals surface area contributed by atoms with Crippen LogP contribution in [-0.2, 0) is 11.8 Å². The fourth-order valence-electron chi connectivity index (χ4n) is 5.55. The standard InChI is InChI=1S/C28H35NO4/c1-13-15(3)19(7)24(20(8)16(13)4)28(10,11)12-22-23-18(6)14(2)17(5)21(9)26(23)33-27(30)25(22)29(31)32/h12H2,1-11H3. The molecule has 0 fully saturated rings. The highest BCUT2D eigenvalue weighted by Gasteiger charge is 2.34. The van der Waals surface area contributed by atoms with Gasteiger partial charge in [-0.3, -0.25) is 10.1 Å². The van der Waals surface area contributed by atoms with E-state index in [0.29, 0.717) is 23.0 Å². The molecule has 0 N–H and O–H groups in total. The molecule has 0 saturated carbocycles. The second kappa shape index (κ2) is 8.12. The number of fused-ring (bicyclic) bond motifs is 1. The smallest absolute Gasteiger partial charge is 0.415 e. The molecule has 0 aliphatic rings. The minimum Gasteiger partial charge on any atom is -0.417 e. The topological polar surface area (TPSA) is 73.3 Å². The Morgan fingerprint density at radius 1 is 0.727 bits per heavy atom. The lowest BCUT2D eigenvalue weighted by Gasteiger charge is -2.32. The maximum atomic E-state index is 12.9. The third-order valence-corrected chi connectivity index (χ3v) is 8.08. The van der Waals surface area contributed by atoms with Gasteiger partial charge in [0.2, 0.25) is 0 Å². The molecule has 0 spiro atoms. The Morgan fingerprint density at radius 3 is 1.64 bits per heavy atom. The molecule has 0 aliphatic heterocycles. The van der Waals surface area contributed by atoms with Gasteiger partial charge in [0.15, 0.2) is 0 Å². The third kappa shape index (κ3) is 3.68. The predicted molar refractivity (Wildman–Crippen MR) is 135 cm³/mol. The molecule has 176 valence electrons. The maximum Gasteiger partial charge on any atom is 0.415 e. The Labute approximate surface area is 196 Å². The molecule has 0 amide bonds. The molecule has 0 aliphatic carbocycles. The van der Waals surface area contributed by atoms with E-state index >= 15 is 0 Å². The third-order valence-electron chi connectivity index (χ3n) is 8.08. The summed E-state index contributed by atoms with van der Waals surface area (Å²) in [5, 5.41) is 12.8. The molecule has 2 aromatic carbocycles. The summed E-state index contributed by atoms with van der Waals surface area (Å²) in [4.78, 5) is 24.4. The van der Waals surface area contributed by atoms with Crippen LogP contribution in [0.3, 0.4) is 0 Å². The lowest BCUT2D eigenvalue weighted by molar-refractivity contribution is -0.387. The molecule has 0 radical (unpaired) electrons. The lowest BCUT2D eigenvalue weighted by atomic mass is 9.72. The molecular formula is C28H35NO4. The van der Waals surface area contributed by atoms with Gasteiger partial charge in [0.1, 0.15) is 5.58 Å². The van der Waals surface area contributed by atoms with E-state index in [1.54, 1.807) is 0 Å². The van der Waals surface area contributed by atoms with Gasteiger partial charge < -0.3 is 4.42 Å². The number of nitrogens with zero attached hydrogens (tertiary/aromatic N) is 1. The van der Waals surface area contributed by atoms with Crippen LogP contribution in [0, 0.1) is 72.4 Å². The van der Waals surface area contributed by atoms with E-state index in [4.69, 9.17) is 4.42 Å². The van der Waals surface area contributed by atoms with Gasteiger partial charge in [-0.1, -0.05) is 13.8 Å². The summed E-state index contributed by atoms with van der Waals surface area (Å²) in [7, 11) is 0. The Kier molecular flexibility index (Phi) is 6.08. The Hall–Kier alpha value is -2.95. The molecular weight excluding hydrogens is 414 g/mol. The molecule has 3 rings (SSSR count). The van der Waals surface area contributed by atoms with Crippen LogP contribution >= 0.6 is 0 Å². The minimum atomic E-state index is -0.881. The predicted octanol–water partition coefficient (Wildman–Crippen LogP) is 7.00. The van der Waals surface area contributed by atoms with E-state index in [-0.39, 0.29) is 0 Å². The van der Waals surface area contributed by atoms with E-state index in [0.717, 1.165) is 22.3 Å². The quantitative estimate of drug-likeness (QED) is 0.244. The number of hydrogen-bond acceptors (Lipinski definition) is 4.